The summed E-state index contributed by atoms with van der Waals surface area (Å²) in [6.45, 7) is 9.96. The minimum atomic E-state index is 0.0255. The fraction of sp³-hybridized carbons (Fsp3) is 1.00. The Morgan fingerprint density at radius 2 is 2.17 bits per heavy atom. The molecule has 1 N–H and O–H groups in total. The van der Waals surface area contributed by atoms with Crippen LogP contribution in [0.5, 0.6) is 0 Å². The van der Waals surface area contributed by atoms with Crippen molar-refractivity contribution in [3.63, 3.8) is 0 Å². The van der Waals surface area contributed by atoms with Crippen LogP contribution < -0.4 is 0 Å². The van der Waals surface area contributed by atoms with Crippen LogP contribution in [0.3, 0.4) is 0 Å². The van der Waals surface area contributed by atoms with Gasteiger partial charge in [-0.1, -0.05) is 13.8 Å². The predicted octanol–water partition coefficient (Wildman–Crippen LogP) is 2.14. The largest absolute Gasteiger partial charge is 0.396 e. The molecule has 3 nitrogen and oxygen atoms in total. The lowest BCUT2D eigenvalue weighted by Gasteiger charge is -2.32. The van der Waals surface area contributed by atoms with Gasteiger partial charge in [0.2, 0.25) is 0 Å². The maximum Gasteiger partial charge on any atom is 0.0557 e. The average molecular weight is 255 g/mol. The molecule has 2 heterocycles. The summed E-state index contributed by atoms with van der Waals surface area (Å²) in [7, 11) is 0. The van der Waals surface area contributed by atoms with E-state index < -0.39 is 0 Å². The molecule has 0 aromatic carbocycles. The highest BCUT2D eigenvalue weighted by atomic mass is 16.5. The molecule has 106 valence electrons. The van der Waals surface area contributed by atoms with Crippen molar-refractivity contribution < 1.29 is 9.84 Å². The first kappa shape index (κ1) is 14.3. The van der Waals surface area contributed by atoms with Crippen LogP contribution in [0.4, 0.5) is 0 Å². The number of aliphatic hydroxyl groups excluding tert-OH is 1. The van der Waals surface area contributed by atoms with E-state index in [0.29, 0.717) is 0 Å². The minimum absolute atomic E-state index is 0.0255. The molecule has 18 heavy (non-hydrogen) atoms. The summed E-state index contributed by atoms with van der Waals surface area (Å²) in [5, 5.41) is 9.65. The third kappa shape index (κ3) is 3.46. The van der Waals surface area contributed by atoms with E-state index in [4.69, 9.17) is 4.74 Å². The zero-order valence-corrected chi connectivity index (χ0v) is 12.0. The summed E-state index contributed by atoms with van der Waals surface area (Å²) in [5.41, 5.74) is 0.0255. The summed E-state index contributed by atoms with van der Waals surface area (Å²) in [4.78, 5) is 2.56. The first-order valence-electron chi connectivity index (χ1n) is 7.56. The third-order valence-electron chi connectivity index (χ3n) is 4.89. The highest BCUT2D eigenvalue weighted by molar-refractivity contribution is 4.87. The van der Waals surface area contributed by atoms with E-state index in [9.17, 15) is 5.11 Å². The number of likely N-dealkylation sites (tertiary alicyclic amines) is 1. The Morgan fingerprint density at radius 3 is 2.78 bits per heavy atom. The number of ether oxygens (including phenoxy) is 1. The van der Waals surface area contributed by atoms with Crippen LogP contribution in [-0.2, 0) is 4.74 Å². The minimum Gasteiger partial charge on any atom is -0.396 e. The molecular weight excluding hydrogens is 226 g/mol. The van der Waals surface area contributed by atoms with Crippen molar-refractivity contribution in [3.05, 3.63) is 0 Å². The first-order chi connectivity index (χ1) is 8.65. The van der Waals surface area contributed by atoms with Gasteiger partial charge >= 0.3 is 0 Å². The molecule has 3 heteroatoms. The van der Waals surface area contributed by atoms with Crippen molar-refractivity contribution in [1.29, 1.82) is 0 Å². The molecule has 2 saturated heterocycles. The van der Waals surface area contributed by atoms with Crippen LogP contribution in [-0.4, -0.2) is 49.5 Å². The predicted molar refractivity (Wildman–Crippen MR) is 73.6 cm³/mol. The van der Waals surface area contributed by atoms with Gasteiger partial charge in [0.25, 0.3) is 0 Å². The summed E-state index contributed by atoms with van der Waals surface area (Å²) < 4.78 is 5.50. The Bertz CT molecular complexity index is 249. The second-order valence-electron chi connectivity index (χ2n) is 6.67. The number of hydrogen-bond acceptors (Lipinski definition) is 3. The fourth-order valence-electron chi connectivity index (χ4n) is 3.43. The van der Waals surface area contributed by atoms with Gasteiger partial charge in [-0.2, -0.15) is 0 Å². The van der Waals surface area contributed by atoms with E-state index in [-0.39, 0.29) is 12.0 Å². The van der Waals surface area contributed by atoms with E-state index in [0.717, 1.165) is 38.0 Å². The van der Waals surface area contributed by atoms with Crippen LogP contribution >= 0.6 is 0 Å². The van der Waals surface area contributed by atoms with Gasteiger partial charge in [0.05, 0.1) is 13.2 Å². The highest BCUT2D eigenvalue weighted by Gasteiger charge is 2.36. The monoisotopic (exact) mass is 255 g/mol. The van der Waals surface area contributed by atoms with Gasteiger partial charge in [-0.15, -0.1) is 0 Å². The normalized spacial score (nSPS) is 35.0. The maximum absolute atomic E-state index is 9.65. The zero-order chi connectivity index (χ0) is 13.0. The number of aliphatic hydroxyl groups is 1. The second kappa shape index (κ2) is 6.36. The molecule has 0 saturated carbocycles. The zero-order valence-electron chi connectivity index (χ0n) is 12.0. The molecule has 2 aliphatic rings. The molecule has 2 atom stereocenters. The Labute approximate surface area is 112 Å². The van der Waals surface area contributed by atoms with Gasteiger partial charge in [-0.25, -0.2) is 0 Å². The van der Waals surface area contributed by atoms with E-state index in [1.807, 2.05) is 0 Å². The van der Waals surface area contributed by atoms with Crippen molar-refractivity contribution >= 4 is 0 Å². The van der Waals surface area contributed by atoms with Crippen molar-refractivity contribution in [2.45, 2.75) is 39.5 Å². The Morgan fingerprint density at radius 1 is 1.33 bits per heavy atom. The van der Waals surface area contributed by atoms with Crippen molar-refractivity contribution in [2.75, 3.05) is 39.5 Å². The Kier molecular flexibility index (Phi) is 5.05. The summed E-state index contributed by atoms with van der Waals surface area (Å²) >= 11 is 0. The molecule has 0 spiro atoms. The van der Waals surface area contributed by atoms with Crippen molar-refractivity contribution in [3.8, 4) is 0 Å². The SMILES string of the molecule is CC(C)C1CCCN(CC2(CO)CCOC2)CC1. The van der Waals surface area contributed by atoms with Gasteiger partial charge in [0.15, 0.2) is 0 Å². The van der Waals surface area contributed by atoms with Gasteiger partial charge in [0, 0.05) is 18.6 Å². The molecular formula is C15H29NO2. The smallest absolute Gasteiger partial charge is 0.0557 e. The molecule has 2 unspecified atom stereocenters. The summed E-state index contributed by atoms with van der Waals surface area (Å²) in [5.74, 6) is 1.70. The second-order valence-corrected chi connectivity index (χ2v) is 6.67. The lowest BCUT2D eigenvalue weighted by Crippen LogP contribution is -2.41. The summed E-state index contributed by atoms with van der Waals surface area (Å²) in [6, 6.07) is 0. The van der Waals surface area contributed by atoms with Gasteiger partial charge in [-0.3, -0.25) is 0 Å². The molecule has 0 aromatic rings. The average Bonchev–Trinajstić information content (AvgIpc) is 2.69. The van der Waals surface area contributed by atoms with E-state index in [1.165, 1.54) is 32.4 Å². The van der Waals surface area contributed by atoms with Crippen LogP contribution in [0.25, 0.3) is 0 Å². The van der Waals surface area contributed by atoms with Gasteiger partial charge in [0.1, 0.15) is 0 Å². The van der Waals surface area contributed by atoms with Crippen molar-refractivity contribution in [1.82, 2.24) is 4.90 Å². The highest BCUT2D eigenvalue weighted by Crippen LogP contribution is 2.31. The van der Waals surface area contributed by atoms with Crippen LogP contribution in [0.2, 0.25) is 0 Å². The lowest BCUT2D eigenvalue weighted by atomic mass is 9.87. The number of hydrogen-bond donors (Lipinski definition) is 1. The standard InChI is InChI=1S/C15H29NO2/c1-13(2)14-4-3-7-16(8-5-14)10-15(11-17)6-9-18-12-15/h13-14,17H,3-12H2,1-2H3. The van der Waals surface area contributed by atoms with E-state index >= 15 is 0 Å². The number of nitrogens with zero attached hydrogens (tertiary/aromatic N) is 1. The fourth-order valence-corrected chi connectivity index (χ4v) is 3.43. The molecule has 0 bridgehead atoms. The van der Waals surface area contributed by atoms with E-state index in [1.54, 1.807) is 0 Å². The maximum atomic E-state index is 9.65. The molecule has 0 aromatic heterocycles. The van der Waals surface area contributed by atoms with Crippen LogP contribution in [0.15, 0.2) is 0 Å². The van der Waals surface area contributed by atoms with Crippen LogP contribution in [0.1, 0.15) is 39.5 Å². The Hall–Kier alpha value is -0.120. The number of rotatable bonds is 4. The van der Waals surface area contributed by atoms with Crippen molar-refractivity contribution in [2.24, 2.45) is 17.3 Å². The molecule has 2 rings (SSSR count). The molecule has 0 radical (unpaired) electrons. The van der Waals surface area contributed by atoms with Gasteiger partial charge in [-0.05, 0) is 50.6 Å². The van der Waals surface area contributed by atoms with Crippen LogP contribution in [0, 0.1) is 17.3 Å². The third-order valence-corrected chi connectivity index (χ3v) is 4.89. The molecule has 2 fully saturated rings. The van der Waals surface area contributed by atoms with E-state index in [2.05, 4.69) is 18.7 Å². The summed E-state index contributed by atoms with van der Waals surface area (Å²) in [6.07, 6.45) is 5.02. The topological polar surface area (TPSA) is 32.7 Å². The lowest BCUT2D eigenvalue weighted by molar-refractivity contribution is 0.0572. The quantitative estimate of drug-likeness (QED) is 0.835. The molecule has 0 amide bonds. The van der Waals surface area contributed by atoms with Gasteiger partial charge < -0.3 is 14.7 Å². The molecule has 0 aliphatic carbocycles. The molecule has 2 aliphatic heterocycles. The Balaban J connectivity index is 1.86. The first-order valence-corrected chi connectivity index (χ1v) is 7.56.